The summed E-state index contributed by atoms with van der Waals surface area (Å²) in [5.41, 5.74) is 2.08. The van der Waals surface area contributed by atoms with Gasteiger partial charge in [0.1, 0.15) is 12.4 Å². The molecule has 0 aliphatic rings. The number of nitrogens with zero attached hydrogens (tertiary/aromatic N) is 3. The molecule has 6 nitrogen and oxygen atoms in total. The molecule has 0 spiro atoms. The molecule has 0 aliphatic carbocycles. The predicted octanol–water partition coefficient (Wildman–Crippen LogP) is 7.40. The van der Waals surface area contributed by atoms with Crippen LogP contribution in [0.25, 0.3) is 10.9 Å². The molecule has 0 fully saturated rings. The van der Waals surface area contributed by atoms with E-state index in [1.54, 1.807) is 12.3 Å². The molecule has 0 saturated carbocycles. The first-order valence-corrected chi connectivity index (χ1v) is 13.6. The highest BCUT2D eigenvalue weighted by atomic mass is 127. The van der Waals surface area contributed by atoms with Crippen molar-refractivity contribution in [3.05, 3.63) is 95.0 Å². The second-order valence-electron chi connectivity index (χ2n) is 8.29. The average molecular weight is 681 g/mol. The SMILES string of the molecule is CCOc1cc(C=Nn2c(C(C)C)nc3ccc(Br)cc3c2=O)cc(I)c1OCc1ccccc1Cl. The molecule has 0 bridgehead atoms. The fraction of sp³-hybridized carbons (Fsp3) is 0.222. The Morgan fingerprint density at radius 3 is 2.67 bits per heavy atom. The van der Waals surface area contributed by atoms with Crippen LogP contribution in [-0.2, 0) is 6.61 Å². The van der Waals surface area contributed by atoms with Crippen LogP contribution in [0.1, 0.15) is 43.6 Å². The van der Waals surface area contributed by atoms with Gasteiger partial charge < -0.3 is 9.47 Å². The molecule has 0 atom stereocenters. The Morgan fingerprint density at radius 1 is 1.17 bits per heavy atom. The Bertz CT molecular complexity index is 1500. The van der Waals surface area contributed by atoms with E-state index in [0.29, 0.717) is 46.5 Å². The average Bonchev–Trinajstić information content (AvgIpc) is 2.84. The van der Waals surface area contributed by atoms with Crippen molar-refractivity contribution < 1.29 is 9.47 Å². The first kappa shape index (κ1) is 26.6. The van der Waals surface area contributed by atoms with Gasteiger partial charge in [-0.2, -0.15) is 9.78 Å². The van der Waals surface area contributed by atoms with Gasteiger partial charge in [-0.1, -0.05) is 59.6 Å². The summed E-state index contributed by atoms with van der Waals surface area (Å²) in [6, 6.07) is 16.8. The molecule has 0 amide bonds. The molecule has 0 N–H and O–H groups in total. The molecule has 186 valence electrons. The van der Waals surface area contributed by atoms with Gasteiger partial charge in [0.05, 0.1) is 27.3 Å². The summed E-state index contributed by atoms with van der Waals surface area (Å²) in [7, 11) is 0. The normalized spacial score (nSPS) is 11.5. The Kier molecular flexibility index (Phi) is 8.69. The zero-order valence-corrected chi connectivity index (χ0v) is 24.5. The monoisotopic (exact) mass is 679 g/mol. The standard InChI is InChI=1S/C27H24BrClIN3O3/c1-4-35-24-12-17(11-22(30)25(24)36-15-18-7-5-6-8-21(18)29)14-31-33-26(16(2)3)32-23-10-9-19(28)13-20(23)27(33)34/h5-14,16H,4,15H2,1-3H3. The minimum atomic E-state index is -0.222. The Balaban J connectivity index is 1.71. The summed E-state index contributed by atoms with van der Waals surface area (Å²) in [6.45, 7) is 6.67. The van der Waals surface area contributed by atoms with Crippen LogP contribution >= 0.6 is 50.1 Å². The van der Waals surface area contributed by atoms with Gasteiger partial charge >= 0.3 is 0 Å². The molecule has 4 rings (SSSR count). The maximum atomic E-state index is 13.3. The van der Waals surface area contributed by atoms with Crippen LogP contribution in [0.5, 0.6) is 11.5 Å². The first-order chi connectivity index (χ1) is 17.3. The van der Waals surface area contributed by atoms with Crippen molar-refractivity contribution in [1.82, 2.24) is 9.66 Å². The minimum absolute atomic E-state index is 0.00241. The predicted molar refractivity (Wildman–Crippen MR) is 157 cm³/mol. The van der Waals surface area contributed by atoms with Crippen LogP contribution in [0.15, 0.2) is 69.0 Å². The highest BCUT2D eigenvalue weighted by Crippen LogP contribution is 2.35. The van der Waals surface area contributed by atoms with Crippen LogP contribution in [0, 0.1) is 3.57 Å². The fourth-order valence-electron chi connectivity index (χ4n) is 3.61. The molecule has 4 aromatic rings. The Labute approximate surface area is 236 Å². The third-order valence-electron chi connectivity index (χ3n) is 5.33. The van der Waals surface area contributed by atoms with E-state index in [-0.39, 0.29) is 11.5 Å². The molecular formula is C27H24BrClIN3O3. The second-order valence-corrected chi connectivity index (χ2v) is 10.8. The molecule has 36 heavy (non-hydrogen) atoms. The lowest BCUT2D eigenvalue weighted by molar-refractivity contribution is 0.267. The number of rotatable bonds is 8. The van der Waals surface area contributed by atoms with E-state index in [0.717, 1.165) is 19.2 Å². The van der Waals surface area contributed by atoms with Gasteiger partial charge in [0.2, 0.25) is 0 Å². The van der Waals surface area contributed by atoms with E-state index in [9.17, 15) is 4.79 Å². The van der Waals surface area contributed by atoms with Crippen LogP contribution < -0.4 is 15.0 Å². The van der Waals surface area contributed by atoms with E-state index in [1.807, 2.05) is 69.3 Å². The lowest BCUT2D eigenvalue weighted by atomic mass is 10.2. The van der Waals surface area contributed by atoms with Gasteiger partial charge in [-0.25, -0.2) is 4.98 Å². The Hall–Kier alpha value is -2.43. The quantitative estimate of drug-likeness (QED) is 0.144. The van der Waals surface area contributed by atoms with Crippen molar-refractivity contribution >= 4 is 67.2 Å². The van der Waals surface area contributed by atoms with Crippen LogP contribution in [0.4, 0.5) is 0 Å². The fourth-order valence-corrected chi connectivity index (χ4v) is 4.94. The van der Waals surface area contributed by atoms with Crippen molar-refractivity contribution in [2.24, 2.45) is 5.10 Å². The molecule has 0 aliphatic heterocycles. The highest BCUT2D eigenvalue weighted by molar-refractivity contribution is 14.1. The number of fused-ring (bicyclic) bond motifs is 1. The van der Waals surface area contributed by atoms with E-state index < -0.39 is 0 Å². The van der Waals surface area contributed by atoms with Crippen molar-refractivity contribution in [3.63, 3.8) is 0 Å². The molecule has 0 saturated heterocycles. The van der Waals surface area contributed by atoms with E-state index in [2.05, 4.69) is 43.6 Å². The van der Waals surface area contributed by atoms with Crippen LogP contribution in [0.3, 0.4) is 0 Å². The van der Waals surface area contributed by atoms with Crippen molar-refractivity contribution in [2.45, 2.75) is 33.3 Å². The number of benzene rings is 3. The summed E-state index contributed by atoms with van der Waals surface area (Å²) >= 11 is 11.9. The second kappa shape index (κ2) is 11.7. The van der Waals surface area contributed by atoms with Crippen LogP contribution in [0.2, 0.25) is 5.02 Å². The maximum Gasteiger partial charge on any atom is 0.282 e. The minimum Gasteiger partial charge on any atom is -0.490 e. The third kappa shape index (κ3) is 5.92. The molecule has 1 heterocycles. The Morgan fingerprint density at radius 2 is 1.94 bits per heavy atom. The largest absolute Gasteiger partial charge is 0.490 e. The van der Waals surface area contributed by atoms with Crippen molar-refractivity contribution in [3.8, 4) is 11.5 Å². The van der Waals surface area contributed by atoms with Gasteiger partial charge in [0.25, 0.3) is 5.56 Å². The van der Waals surface area contributed by atoms with E-state index in [1.165, 1.54) is 4.68 Å². The summed E-state index contributed by atoms with van der Waals surface area (Å²) in [5, 5.41) is 5.69. The van der Waals surface area contributed by atoms with Gasteiger partial charge in [-0.15, -0.1) is 0 Å². The van der Waals surface area contributed by atoms with Gasteiger partial charge in [-0.3, -0.25) is 4.79 Å². The topological polar surface area (TPSA) is 65.7 Å². The maximum absolute atomic E-state index is 13.3. The van der Waals surface area contributed by atoms with Gasteiger partial charge in [0, 0.05) is 21.0 Å². The highest BCUT2D eigenvalue weighted by Gasteiger charge is 2.15. The number of hydrogen-bond acceptors (Lipinski definition) is 5. The molecule has 0 radical (unpaired) electrons. The summed E-state index contributed by atoms with van der Waals surface area (Å²) in [4.78, 5) is 18.0. The molecule has 1 aromatic heterocycles. The zero-order valence-electron chi connectivity index (χ0n) is 20.0. The molecule has 0 unspecified atom stereocenters. The van der Waals surface area contributed by atoms with Crippen LogP contribution in [-0.4, -0.2) is 22.5 Å². The number of halogens is 3. The number of hydrogen-bond donors (Lipinski definition) is 0. The van der Waals surface area contributed by atoms with E-state index in [4.69, 9.17) is 26.1 Å². The lowest BCUT2D eigenvalue weighted by Crippen LogP contribution is -2.23. The van der Waals surface area contributed by atoms with Crippen molar-refractivity contribution in [1.29, 1.82) is 0 Å². The molecular weight excluding hydrogens is 657 g/mol. The lowest BCUT2D eigenvalue weighted by Gasteiger charge is -2.15. The molecule has 9 heteroatoms. The summed E-state index contributed by atoms with van der Waals surface area (Å²) in [6.07, 6.45) is 1.64. The number of ether oxygens (including phenoxy) is 2. The number of aromatic nitrogens is 2. The summed E-state index contributed by atoms with van der Waals surface area (Å²) in [5.74, 6) is 1.81. The first-order valence-electron chi connectivity index (χ1n) is 11.4. The third-order valence-corrected chi connectivity index (χ3v) is 7.00. The van der Waals surface area contributed by atoms with Crippen molar-refractivity contribution in [2.75, 3.05) is 6.61 Å². The molecule has 3 aromatic carbocycles. The van der Waals surface area contributed by atoms with E-state index >= 15 is 0 Å². The summed E-state index contributed by atoms with van der Waals surface area (Å²) < 4.78 is 15.0. The van der Waals surface area contributed by atoms with Gasteiger partial charge in [-0.05, 0) is 71.5 Å². The smallest absolute Gasteiger partial charge is 0.282 e. The zero-order chi connectivity index (χ0) is 25.8. The van der Waals surface area contributed by atoms with Gasteiger partial charge in [0.15, 0.2) is 11.5 Å².